The first-order valence-electron chi connectivity index (χ1n) is 8.51. The van der Waals surface area contributed by atoms with Crippen molar-refractivity contribution in [1.82, 2.24) is 4.90 Å². The van der Waals surface area contributed by atoms with Crippen LogP contribution in [-0.2, 0) is 9.47 Å². The molecule has 5 nitrogen and oxygen atoms in total. The zero-order chi connectivity index (χ0) is 16.5. The summed E-state index contributed by atoms with van der Waals surface area (Å²) in [7, 11) is 0. The number of ether oxygens (including phenoxy) is 2. The average Bonchev–Trinajstić information content (AvgIpc) is 2.75. The van der Waals surface area contributed by atoms with Gasteiger partial charge in [-0.25, -0.2) is 4.79 Å². The van der Waals surface area contributed by atoms with Crippen molar-refractivity contribution >= 4 is 6.09 Å². The van der Waals surface area contributed by atoms with Gasteiger partial charge in [-0.1, -0.05) is 20.3 Å². The molecule has 0 bridgehead atoms. The molecule has 1 amide bonds. The van der Waals surface area contributed by atoms with E-state index in [0.717, 1.165) is 25.7 Å². The van der Waals surface area contributed by atoms with Crippen molar-refractivity contribution in [2.75, 3.05) is 6.61 Å². The molecule has 2 rings (SSSR count). The number of aliphatic hydroxyl groups is 1. The molecule has 0 unspecified atom stereocenters. The van der Waals surface area contributed by atoms with Crippen molar-refractivity contribution in [2.45, 2.75) is 90.2 Å². The van der Waals surface area contributed by atoms with Crippen LogP contribution in [0.25, 0.3) is 0 Å². The lowest BCUT2D eigenvalue weighted by Crippen LogP contribution is -2.57. The highest BCUT2D eigenvalue weighted by molar-refractivity contribution is 5.70. The quantitative estimate of drug-likeness (QED) is 0.850. The van der Waals surface area contributed by atoms with Gasteiger partial charge in [-0.05, 0) is 52.4 Å². The van der Waals surface area contributed by atoms with Crippen LogP contribution in [0.15, 0.2) is 0 Å². The fraction of sp³-hybridized carbons (Fsp3) is 0.941. The second-order valence-corrected chi connectivity index (χ2v) is 7.97. The van der Waals surface area contributed by atoms with Gasteiger partial charge in [0.25, 0.3) is 0 Å². The van der Waals surface area contributed by atoms with Crippen molar-refractivity contribution in [1.29, 1.82) is 0 Å². The fourth-order valence-corrected chi connectivity index (χ4v) is 3.48. The van der Waals surface area contributed by atoms with Crippen LogP contribution in [0, 0.1) is 5.92 Å². The average molecular weight is 313 g/mol. The summed E-state index contributed by atoms with van der Waals surface area (Å²) in [5, 5.41) is 10.5. The third-order valence-corrected chi connectivity index (χ3v) is 4.60. The van der Waals surface area contributed by atoms with Crippen LogP contribution in [0.5, 0.6) is 0 Å². The van der Waals surface area contributed by atoms with E-state index in [2.05, 4.69) is 0 Å². The fourth-order valence-electron chi connectivity index (χ4n) is 3.48. The van der Waals surface area contributed by atoms with Gasteiger partial charge in [0.2, 0.25) is 0 Å². The smallest absolute Gasteiger partial charge is 0.413 e. The van der Waals surface area contributed by atoms with Crippen molar-refractivity contribution in [3.05, 3.63) is 0 Å². The lowest BCUT2D eigenvalue weighted by molar-refractivity contribution is -0.112. The van der Waals surface area contributed by atoms with E-state index in [1.54, 1.807) is 4.90 Å². The maximum atomic E-state index is 12.8. The molecule has 0 aromatic carbocycles. The summed E-state index contributed by atoms with van der Waals surface area (Å²) in [6.07, 6.45) is 3.95. The number of aliphatic hydroxyl groups excluding tert-OH is 1. The Bertz CT molecular complexity index is 396. The summed E-state index contributed by atoms with van der Waals surface area (Å²) in [5.74, 6) is 0.0669. The number of carbonyl (C=O) groups is 1. The standard InChI is InChI=1S/C17H31NO4/c1-12(2)14(19)13-11-21-17(9-7-6-8-10-17)18(13)15(20)22-16(3,4)5/h12-14,19H,6-11H2,1-5H3/t13-,14-/m1/s1. The van der Waals surface area contributed by atoms with Crippen LogP contribution in [0.2, 0.25) is 0 Å². The van der Waals surface area contributed by atoms with Gasteiger partial charge in [0.1, 0.15) is 11.3 Å². The Hall–Kier alpha value is -0.810. The van der Waals surface area contributed by atoms with E-state index >= 15 is 0 Å². The van der Waals surface area contributed by atoms with Crippen molar-refractivity contribution in [3.63, 3.8) is 0 Å². The minimum atomic E-state index is -0.603. The summed E-state index contributed by atoms with van der Waals surface area (Å²) >= 11 is 0. The first-order chi connectivity index (χ1) is 10.2. The van der Waals surface area contributed by atoms with Gasteiger partial charge < -0.3 is 14.6 Å². The molecule has 0 aromatic rings. The van der Waals surface area contributed by atoms with E-state index in [-0.39, 0.29) is 18.1 Å². The number of rotatable bonds is 2. The number of nitrogens with zero attached hydrogens (tertiary/aromatic N) is 1. The topological polar surface area (TPSA) is 59.0 Å². The Balaban J connectivity index is 2.26. The Morgan fingerprint density at radius 1 is 1.27 bits per heavy atom. The molecular weight excluding hydrogens is 282 g/mol. The van der Waals surface area contributed by atoms with Gasteiger partial charge >= 0.3 is 6.09 Å². The van der Waals surface area contributed by atoms with E-state index < -0.39 is 17.4 Å². The van der Waals surface area contributed by atoms with Crippen molar-refractivity contribution < 1.29 is 19.4 Å². The molecule has 128 valence electrons. The van der Waals surface area contributed by atoms with Crippen molar-refractivity contribution in [2.24, 2.45) is 5.92 Å². The number of hydrogen-bond acceptors (Lipinski definition) is 4. The highest BCUT2D eigenvalue weighted by Crippen LogP contribution is 2.42. The lowest BCUT2D eigenvalue weighted by Gasteiger charge is -2.43. The molecule has 1 saturated carbocycles. The Morgan fingerprint density at radius 2 is 1.86 bits per heavy atom. The molecule has 1 aliphatic heterocycles. The summed E-state index contributed by atoms with van der Waals surface area (Å²) in [6, 6.07) is -0.326. The minimum Gasteiger partial charge on any atom is -0.444 e. The molecule has 2 aliphatic rings. The van der Waals surface area contributed by atoms with E-state index in [1.165, 1.54) is 6.42 Å². The summed E-state index contributed by atoms with van der Waals surface area (Å²) in [4.78, 5) is 14.5. The van der Waals surface area contributed by atoms with E-state index in [9.17, 15) is 9.90 Å². The van der Waals surface area contributed by atoms with E-state index in [1.807, 2.05) is 34.6 Å². The van der Waals surface area contributed by atoms with Gasteiger partial charge in [0, 0.05) is 0 Å². The molecule has 1 N–H and O–H groups in total. The molecule has 5 heteroatoms. The maximum Gasteiger partial charge on any atom is 0.413 e. The monoisotopic (exact) mass is 313 g/mol. The van der Waals surface area contributed by atoms with Crippen LogP contribution in [0.4, 0.5) is 4.79 Å². The molecular formula is C17H31NO4. The highest BCUT2D eigenvalue weighted by Gasteiger charge is 2.54. The predicted molar refractivity (Wildman–Crippen MR) is 84.5 cm³/mol. The highest BCUT2D eigenvalue weighted by atomic mass is 16.6. The molecule has 1 aliphatic carbocycles. The normalized spacial score (nSPS) is 26.5. The molecule has 2 fully saturated rings. The molecule has 1 spiro atoms. The van der Waals surface area contributed by atoms with Gasteiger partial charge in [0.15, 0.2) is 0 Å². The van der Waals surface area contributed by atoms with Crippen LogP contribution in [0.3, 0.4) is 0 Å². The zero-order valence-corrected chi connectivity index (χ0v) is 14.6. The third kappa shape index (κ3) is 3.57. The Kier molecular flexibility index (Phi) is 5.07. The largest absolute Gasteiger partial charge is 0.444 e. The second-order valence-electron chi connectivity index (χ2n) is 7.97. The van der Waals surface area contributed by atoms with Gasteiger partial charge in [0.05, 0.1) is 18.8 Å². The summed E-state index contributed by atoms with van der Waals surface area (Å²) in [5.41, 5.74) is -1.13. The van der Waals surface area contributed by atoms with Crippen LogP contribution >= 0.6 is 0 Å². The maximum absolute atomic E-state index is 12.8. The molecule has 1 heterocycles. The molecule has 0 aromatic heterocycles. The Morgan fingerprint density at radius 3 is 2.36 bits per heavy atom. The predicted octanol–water partition coefficient (Wildman–Crippen LogP) is 3.30. The van der Waals surface area contributed by atoms with Crippen molar-refractivity contribution in [3.8, 4) is 0 Å². The third-order valence-electron chi connectivity index (χ3n) is 4.60. The van der Waals surface area contributed by atoms with E-state index in [0.29, 0.717) is 6.61 Å². The van der Waals surface area contributed by atoms with Gasteiger partial charge in [-0.15, -0.1) is 0 Å². The minimum absolute atomic E-state index is 0.0669. The lowest BCUT2D eigenvalue weighted by atomic mass is 9.89. The Labute approximate surface area is 134 Å². The second kappa shape index (κ2) is 6.36. The molecule has 1 saturated heterocycles. The SMILES string of the molecule is CC(C)[C@@H](O)[C@H]1COC2(CCCCC2)N1C(=O)OC(C)(C)C. The molecule has 22 heavy (non-hydrogen) atoms. The number of carbonyl (C=O) groups excluding carboxylic acids is 1. The first kappa shape index (κ1) is 17.5. The summed E-state index contributed by atoms with van der Waals surface area (Å²) < 4.78 is 11.7. The van der Waals surface area contributed by atoms with Gasteiger partial charge in [-0.3, -0.25) is 4.90 Å². The number of amides is 1. The molecule has 2 atom stereocenters. The zero-order valence-electron chi connectivity index (χ0n) is 14.6. The first-order valence-corrected chi connectivity index (χ1v) is 8.51. The van der Waals surface area contributed by atoms with E-state index in [4.69, 9.17) is 9.47 Å². The number of hydrogen-bond donors (Lipinski definition) is 1. The van der Waals surface area contributed by atoms with Gasteiger partial charge in [-0.2, -0.15) is 0 Å². The van der Waals surface area contributed by atoms with Crippen LogP contribution in [-0.4, -0.2) is 46.2 Å². The summed E-state index contributed by atoms with van der Waals surface area (Å²) in [6.45, 7) is 9.90. The van der Waals surface area contributed by atoms with Crippen LogP contribution < -0.4 is 0 Å². The molecule has 0 radical (unpaired) electrons. The van der Waals surface area contributed by atoms with Crippen LogP contribution in [0.1, 0.15) is 66.7 Å².